The minimum absolute atomic E-state index is 0.146. The third-order valence-electron chi connectivity index (χ3n) is 4.52. The van der Waals surface area contributed by atoms with Gasteiger partial charge in [-0.3, -0.25) is 0 Å². The lowest BCUT2D eigenvalue weighted by Crippen LogP contribution is -2.17. The van der Waals surface area contributed by atoms with E-state index in [0.29, 0.717) is 29.8 Å². The topological polar surface area (TPSA) is 44.8 Å². The summed E-state index contributed by atoms with van der Waals surface area (Å²) in [6, 6.07) is 22.8. The van der Waals surface area contributed by atoms with Crippen LogP contribution in [0.2, 0.25) is 0 Å². The monoisotopic (exact) mass is 390 g/mol. The van der Waals surface area contributed by atoms with E-state index >= 15 is 0 Å². The number of ether oxygens (including phenoxy) is 3. The van der Waals surface area contributed by atoms with Gasteiger partial charge in [-0.2, -0.15) is 0 Å². The van der Waals surface area contributed by atoms with E-state index < -0.39 is 5.97 Å². The number of esters is 1. The zero-order valence-electron chi connectivity index (χ0n) is 17.1. The van der Waals surface area contributed by atoms with E-state index in [2.05, 4.69) is 13.8 Å². The Balaban J connectivity index is 1.47. The largest absolute Gasteiger partial charge is 0.489 e. The predicted octanol–water partition coefficient (Wildman–Crippen LogP) is 5.68. The zero-order chi connectivity index (χ0) is 20.6. The van der Waals surface area contributed by atoms with Gasteiger partial charge in [-0.1, -0.05) is 50.2 Å². The molecular formula is C25H26O4. The fourth-order valence-corrected chi connectivity index (χ4v) is 3.03. The molecule has 0 amide bonds. The Labute approximate surface area is 172 Å². The zero-order valence-corrected chi connectivity index (χ0v) is 17.1. The molecule has 0 aliphatic carbocycles. The van der Waals surface area contributed by atoms with Crippen molar-refractivity contribution < 1.29 is 19.0 Å². The summed E-state index contributed by atoms with van der Waals surface area (Å²) in [6.45, 7) is 6.69. The summed E-state index contributed by atoms with van der Waals surface area (Å²) in [5, 5.41) is 0. The van der Waals surface area contributed by atoms with Crippen molar-refractivity contribution in [3.63, 3.8) is 0 Å². The van der Waals surface area contributed by atoms with Crippen molar-refractivity contribution in [1.82, 2.24) is 0 Å². The molecule has 3 aromatic rings. The lowest BCUT2D eigenvalue weighted by molar-refractivity contribution is -0.136. The Morgan fingerprint density at radius 2 is 1.48 bits per heavy atom. The molecule has 0 atom stereocenters. The second-order valence-electron chi connectivity index (χ2n) is 7.18. The lowest BCUT2D eigenvalue weighted by atomic mass is 9.98. The highest BCUT2D eigenvalue weighted by Crippen LogP contribution is 2.24. The highest BCUT2D eigenvalue weighted by Gasteiger charge is 2.09. The van der Waals surface area contributed by atoms with E-state index in [-0.39, 0.29) is 6.61 Å². The summed E-state index contributed by atoms with van der Waals surface area (Å²) in [5.41, 5.74) is 3.52. The van der Waals surface area contributed by atoms with Crippen molar-refractivity contribution in [2.45, 2.75) is 33.3 Å². The molecule has 0 N–H and O–H groups in total. The maximum atomic E-state index is 12.1. The van der Waals surface area contributed by atoms with Crippen LogP contribution in [0.3, 0.4) is 0 Å². The maximum absolute atomic E-state index is 12.1. The first kappa shape index (κ1) is 20.5. The fraction of sp³-hybridized carbons (Fsp3) is 0.240. The molecule has 4 heteroatoms. The fourth-order valence-electron chi connectivity index (χ4n) is 3.03. The molecule has 0 saturated heterocycles. The van der Waals surface area contributed by atoms with Crippen molar-refractivity contribution in [2.24, 2.45) is 0 Å². The predicted molar refractivity (Wildman–Crippen MR) is 114 cm³/mol. The highest BCUT2D eigenvalue weighted by molar-refractivity contribution is 5.74. The Bertz CT molecular complexity index is 931. The van der Waals surface area contributed by atoms with Crippen LogP contribution in [-0.2, 0) is 11.4 Å². The first-order valence-corrected chi connectivity index (χ1v) is 9.72. The van der Waals surface area contributed by atoms with E-state index in [1.165, 1.54) is 5.56 Å². The third-order valence-corrected chi connectivity index (χ3v) is 4.52. The molecule has 0 aliphatic rings. The van der Waals surface area contributed by atoms with Gasteiger partial charge in [0.2, 0.25) is 0 Å². The number of hydrogen-bond acceptors (Lipinski definition) is 4. The van der Waals surface area contributed by atoms with Gasteiger partial charge in [-0.15, -0.1) is 0 Å². The number of aryl methyl sites for hydroxylation is 1. The molecular weight excluding hydrogens is 364 g/mol. The van der Waals surface area contributed by atoms with E-state index in [0.717, 1.165) is 11.1 Å². The summed E-state index contributed by atoms with van der Waals surface area (Å²) >= 11 is 0. The van der Waals surface area contributed by atoms with Crippen molar-refractivity contribution in [3.8, 4) is 17.2 Å². The molecule has 0 aliphatic heterocycles. The number of benzene rings is 3. The van der Waals surface area contributed by atoms with Gasteiger partial charge >= 0.3 is 5.97 Å². The Kier molecular flexibility index (Phi) is 6.90. The highest BCUT2D eigenvalue weighted by atomic mass is 16.6. The van der Waals surface area contributed by atoms with Crippen LogP contribution in [-0.4, -0.2) is 12.6 Å². The van der Waals surface area contributed by atoms with Gasteiger partial charge in [-0.25, -0.2) is 4.79 Å². The summed E-state index contributed by atoms with van der Waals surface area (Å²) in [5.74, 6) is 1.83. The quantitative estimate of drug-likeness (QED) is 0.367. The number of hydrogen-bond donors (Lipinski definition) is 0. The maximum Gasteiger partial charge on any atom is 0.349 e. The second-order valence-corrected chi connectivity index (χ2v) is 7.18. The van der Waals surface area contributed by atoms with Crippen molar-refractivity contribution >= 4 is 5.97 Å². The van der Waals surface area contributed by atoms with Crippen LogP contribution >= 0.6 is 0 Å². The minimum atomic E-state index is -0.450. The van der Waals surface area contributed by atoms with Gasteiger partial charge in [0.1, 0.15) is 23.9 Å². The van der Waals surface area contributed by atoms with Crippen LogP contribution in [0.1, 0.15) is 36.5 Å². The van der Waals surface area contributed by atoms with E-state index in [9.17, 15) is 4.79 Å². The van der Waals surface area contributed by atoms with Gasteiger partial charge in [0.15, 0.2) is 6.61 Å². The molecule has 29 heavy (non-hydrogen) atoms. The van der Waals surface area contributed by atoms with Crippen LogP contribution < -0.4 is 14.2 Å². The van der Waals surface area contributed by atoms with E-state index in [4.69, 9.17) is 14.2 Å². The van der Waals surface area contributed by atoms with Gasteiger partial charge < -0.3 is 14.2 Å². The van der Waals surface area contributed by atoms with Gasteiger partial charge in [0.05, 0.1) is 0 Å². The molecule has 0 heterocycles. The van der Waals surface area contributed by atoms with E-state index in [1.807, 2.05) is 55.5 Å². The van der Waals surface area contributed by atoms with Crippen molar-refractivity contribution in [3.05, 3.63) is 89.5 Å². The first-order chi connectivity index (χ1) is 14.0. The van der Waals surface area contributed by atoms with Crippen LogP contribution in [0, 0.1) is 6.92 Å². The SMILES string of the molecule is Cc1cc(OCC(=O)Oc2ccc(OCc3ccccc3)cc2)ccc1C(C)C. The normalized spacial score (nSPS) is 10.6. The Morgan fingerprint density at radius 3 is 2.14 bits per heavy atom. The Hall–Kier alpha value is -3.27. The smallest absolute Gasteiger partial charge is 0.349 e. The van der Waals surface area contributed by atoms with Crippen molar-refractivity contribution in [1.29, 1.82) is 0 Å². The Morgan fingerprint density at radius 1 is 0.828 bits per heavy atom. The minimum Gasteiger partial charge on any atom is -0.489 e. The summed E-state index contributed by atoms with van der Waals surface area (Å²) in [4.78, 5) is 12.1. The molecule has 0 bridgehead atoms. The summed E-state index contributed by atoms with van der Waals surface area (Å²) < 4.78 is 16.6. The van der Waals surface area contributed by atoms with Crippen LogP contribution in [0.15, 0.2) is 72.8 Å². The molecule has 0 unspecified atom stereocenters. The van der Waals surface area contributed by atoms with Crippen LogP contribution in [0.25, 0.3) is 0 Å². The molecule has 0 spiro atoms. The first-order valence-electron chi connectivity index (χ1n) is 9.72. The molecule has 3 rings (SSSR count). The number of carbonyl (C=O) groups is 1. The molecule has 3 aromatic carbocycles. The number of carbonyl (C=O) groups excluding carboxylic acids is 1. The standard InChI is InChI=1S/C25H26O4/c1-18(2)24-14-13-23(15-19(24)3)28-17-25(26)29-22-11-9-21(10-12-22)27-16-20-7-5-4-6-8-20/h4-15,18H,16-17H2,1-3H3. The van der Waals surface area contributed by atoms with Crippen molar-refractivity contribution in [2.75, 3.05) is 6.61 Å². The average Bonchev–Trinajstić information content (AvgIpc) is 2.72. The summed E-state index contributed by atoms with van der Waals surface area (Å²) in [6.07, 6.45) is 0. The summed E-state index contributed by atoms with van der Waals surface area (Å²) in [7, 11) is 0. The second kappa shape index (κ2) is 9.78. The van der Waals surface area contributed by atoms with Gasteiger partial charge in [0.25, 0.3) is 0 Å². The third kappa shape index (κ3) is 6.11. The lowest BCUT2D eigenvalue weighted by Gasteiger charge is -2.12. The molecule has 0 saturated carbocycles. The molecule has 0 aromatic heterocycles. The average molecular weight is 390 g/mol. The van der Waals surface area contributed by atoms with Gasteiger partial charge in [-0.05, 0) is 65.9 Å². The molecule has 150 valence electrons. The van der Waals surface area contributed by atoms with E-state index in [1.54, 1.807) is 24.3 Å². The van der Waals surface area contributed by atoms with Crippen LogP contribution in [0.4, 0.5) is 0 Å². The number of rotatable bonds is 8. The molecule has 0 radical (unpaired) electrons. The molecule has 0 fully saturated rings. The van der Waals surface area contributed by atoms with Gasteiger partial charge in [0, 0.05) is 0 Å². The van der Waals surface area contributed by atoms with Crippen LogP contribution in [0.5, 0.6) is 17.2 Å². The molecule has 4 nitrogen and oxygen atoms in total.